The lowest BCUT2D eigenvalue weighted by molar-refractivity contribution is 0.304. The van der Waals surface area contributed by atoms with E-state index in [4.69, 9.17) is 16.3 Å². The summed E-state index contributed by atoms with van der Waals surface area (Å²) in [7, 11) is 0. The Labute approximate surface area is 108 Å². The van der Waals surface area contributed by atoms with Crippen LogP contribution in [0.5, 0.6) is 5.88 Å². The van der Waals surface area contributed by atoms with Crippen molar-refractivity contribution in [2.24, 2.45) is 0 Å². The number of hydrogen-bond donors (Lipinski definition) is 0. The van der Waals surface area contributed by atoms with Crippen LogP contribution in [-0.2, 0) is 0 Å². The number of halogens is 1. The third-order valence-electron chi connectivity index (χ3n) is 2.25. The summed E-state index contributed by atoms with van der Waals surface area (Å²) < 4.78 is 5.49. The van der Waals surface area contributed by atoms with E-state index in [1.54, 1.807) is 0 Å². The number of hydrogen-bond acceptors (Lipinski definition) is 4. The average molecular weight is 258 g/mol. The van der Waals surface area contributed by atoms with Crippen molar-refractivity contribution < 1.29 is 4.74 Å². The van der Waals surface area contributed by atoms with Crippen molar-refractivity contribution in [1.29, 1.82) is 0 Å². The second-order valence-corrected chi connectivity index (χ2v) is 4.12. The topological polar surface area (TPSA) is 38.2 Å². The molecule has 0 fully saturated rings. The second kappa shape index (κ2) is 8.12. The number of ether oxygens (including phenoxy) is 1. The van der Waals surface area contributed by atoms with Crippen LogP contribution in [-0.4, -0.2) is 35.5 Å². The summed E-state index contributed by atoms with van der Waals surface area (Å²) >= 11 is 5.79. The SMILES string of the molecule is CCCOc1cc(N(CCC)CCCl)ncn1. The summed E-state index contributed by atoms with van der Waals surface area (Å²) in [6, 6.07) is 1.87. The molecule has 1 rings (SSSR count). The molecule has 17 heavy (non-hydrogen) atoms. The molecule has 0 radical (unpaired) electrons. The van der Waals surface area contributed by atoms with Gasteiger partial charge in [-0.05, 0) is 12.8 Å². The van der Waals surface area contributed by atoms with Crippen molar-refractivity contribution in [3.63, 3.8) is 0 Å². The van der Waals surface area contributed by atoms with Crippen molar-refractivity contribution in [3.05, 3.63) is 12.4 Å². The highest BCUT2D eigenvalue weighted by atomic mass is 35.5. The number of rotatable bonds is 8. The fourth-order valence-electron chi connectivity index (χ4n) is 1.50. The van der Waals surface area contributed by atoms with Crippen LogP contribution in [0.4, 0.5) is 5.82 Å². The molecule has 0 atom stereocenters. The highest BCUT2D eigenvalue weighted by molar-refractivity contribution is 6.18. The van der Waals surface area contributed by atoms with Crippen LogP contribution < -0.4 is 9.64 Å². The van der Waals surface area contributed by atoms with E-state index < -0.39 is 0 Å². The first-order chi connectivity index (χ1) is 8.31. The number of nitrogens with zero attached hydrogens (tertiary/aromatic N) is 3. The predicted molar refractivity (Wildman–Crippen MR) is 71.0 cm³/mol. The lowest BCUT2D eigenvalue weighted by Gasteiger charge is -2.22. The number of alkyl halides is 1. The van der Waals surface area contributed by atoms with Crippen LogP contribution in [0.3, 0.4) is 0 Å². The summed E-state index contributed by atoms with van der Waals surface area (Å²) in [5, 5.41) is 0. The van der Waals surface area contributed by atoms with Gasteiger partial charge in [0.25, 0.3) is 0 Å². The van der Waals surface area contributed by atoms with Gasteiger partial charge in [0.2, 0.25) is 5.88 Å². The van der Waals surface area contributed by atoms with Gasteiger partial charge < -0.3 is 9.64 Å². The Bertz CT molecular complexity index is 316. The Morgan fingerprint density at radius 3 is 2.71 bits per heavy atom. The van der Waals surface area contributed by atoms with Crippen molar-refractivity contribution in [1.82, 2.24) is 9.97 Å². The van der Waals surface area contributed by atoms with Crippen molar-refractivity contribution in [2.75, 3.05) is 30.5 Å². The molecule has 0 aliphatic rings. The minimum absolute atomic E-state index is 0.592. The van der Waals surface area contributed by atoms with Gasteiger partial charge in [0.15, 0.2) is 0 Å². The van der Waals surface area contributed by atoms with E-state index in [0.29, 0.717) is 18.4 Å². The zero-order valence-electron chi connectivity index (χ0n) is 10.5. The first kappa shape index (κ1) is 14.0. The van der Waals surface area contributed by atoms with E-state index in [9.17, 15) is 0 Å². The third-order valence-corrected chi connectivity index (χ3v) is 2.42. The molecule has 0 bridgehead atoms. The van der Waals surface area contributed by atoms with Crippen LogP contribution in [0.2, 0.25) is 0 Å². The fraction of sp³-hybridized carbons (Fsp3) is 0.667. The standard InChI is InChI=1S/C12H20ClN3O/c1-3-6-16(7-5-13)11-9-12(15-10-14-11)17-8-4-2/h9-10H,3-8H2,1-2H3. The van der Waals surface area contributed by atoms with Crippen LogP contribution in [0.15, 0.2) is 12.4 Å². The molecule has 0 saturated heterocycles. The molecule has 0 aliphatic carbocycles. The van der Waals surface area contributed by atoms with E-state index in [-0.39, 0.29) is 0 Å². The van der Waals surface area contributed by atoms with E-state index in [2.05, 4.69) is 28.7 Å². The molecule has 0 spiro atoms. The molecule has 5 heteroatoms. The van der Waals surface area contributed by atoms with Gasteiger partial charge in [0.1, 0.15) is 12.1 Å². The normalized spacial score (nSPS) is 10.3. The number of aromatic nitrogens is 2. The lowest BCUT2D eigenvalue weighted by atomic mass is 10.4. The van der Waals surface area contributed by atoms with E-state index >= 15 is 0 Å². The first-order valence-electron chi connectivity index (χ1n) is 6.07. The summed E-state index contributed by atoms with van der Waals surface area (Å²) in [5.74, 6) is 2.11. The minimum atomic E-state index is 0.592. The van der Waals surface area contributed by atoms with Crippen molar-refractivity contribution >= 4 is 17.4 Å². The zero-order valence-corrected chi connectivity index (χ0v) is 11.3. The van der Waals surface area contributed by atoms with E-state index in [0.717, 1.165) is 31.7 Å². The number of anilines is 1. The van der Waals surface area contributed by atoms with Gasteiger partial charge in [0.05, 0.1) is 6.61 Å². The smallest absolute Gasteiger partial charge is 0.218 e. The molecule has 0 unspecified atom stereocenters. The Morgan fingerprint density at radius 2 is 2.06 bits per heavy atom. The Hall–Kier alpha value is -1.03. The Morgan fingerprint density at radius 1 is 1.24 bits per heavy atom. The van der Waals surface area contributed by atoms with E-state index in [1.807, 2.05) is 6.07 Å². The molecule has 1 aromatic rings. The molecule has 96 valence electrons. The van der Waals surface area contributed by atoms with Gasteiger partial charge in [0, 0.05) is 25.0 Å². The molecular formula is C12H20ClN3O. The van der Waals surface area contributed by atoms with Gasteiger partial charge in [-0.15, -0.1) is 11.6 Å². The highest BCUT2D eigenvalue weighted by Crippen LogP contribution is 2.16. The highest BCUT2D eigenvalue weighted by Gasteiger charge is 2.08. The molecule has 0 aliphatic heterocycles. The third kappa shape index (κ3) is 4.77. The molecule has 4 nitrogen and oxygen atoms in total. The fourth-order valence-corrected chi connectivity index (χ4v) is 1.71. The molecular weight excluding hydrogens is 238 g/mol. The van der Waals surface area contributed by atoms with Gasteiger partial charge in [-0.25, -0.2) is 9.97 Å². The quantitative estimate of drug-likeness (QED) is 0.671. The van der Waals surface area contributed by atoms with Gasteiger partial charge in [-0.1, -0.05) is 13.8 Å². The summed E-state index contributed by atoms with van der Waals surface area (Å²) in [6.45, 7) is 6.62. The Kier molecular flexibility index (Phi) is 6.70. The van der Waals surface area contributed by atoms with Crippen molar-refractivity contribution in [2.45, 2.75) is 26.7 Å². The minimum Gasteiger partial charge on any atom is -0.478 e. The lowest BCUT2D eigenvalue weighted by Crippen LogP contribution is -2.27. The molecule has 0 aromatic carbocycles. The monoisotopic (exact) mass is 257 g/mol. The molecule has 0 amide bonds. The summed E-state index contributed by atoms with van der Waals surface area (Å²) in [4.78, 5) is 10.5. The zero-order chi connectivity index (χ0) is 12.5. The van der Waals surface area contributed by atoms with Gasteiger partial charge in [-0.3, -0.25) is 0 Å². The summed E-state index contributed by atoms with van der Waals surface area (Å²) in [5.41, 5.74) is 0. The maximum atomic E-state index is 5.79. The second-order valence-electron chi connectivity index (χ2n) is 3.74. The maximum Gasteiger partial charge on any atom is 0.218 e. The predicted octanol–water partition coefficient (Wildman–Crippen LogP) is 2.72. The molecule has 0 N–H and O–H groups in total. The Balaban J connectivity index is 2.72. The van der Waals surface area contributed by atoms with Crippen LogP contribution in [0, 0.1) is 0 Å². The molecule has 1 aromatic heterocycles. The summed E-state index contributed by atoms with van der Waals surface area (Å²) in [6.07, 6.45) is 3.57. The largest absolute Gasteiger partial charge is 0.478 e. The van der Waals surface area contributed by atoms with Gasteiger partial charge >= 0.3 is 0 Å². The van der Waals surface area contributed by atoms with Gasteiger partial charge in [-0.2, -0.15) is 0 Å². The van der Waals surface area contributed by atoms with Crippen LogP contribution in [0.25, 0.3) is 0 Å². The maximum absolute atomic E-state index is 5.79. The average Bonchev–Trinajstić information content (AvgIpc) is 2.36. The molecule has 1 heterocycles. The van der Waals surface area contributed by atoms with Crippen LogP contribution >= 0.6 is 11.6 Å². The van der Waals surface area contributed by atoms with Crippen LogP contribution in [0.1, 0.15) is 26.7 Å². The van der Waals surface area contributed by atoms with E-state index in [1.165, 1.54) is 6.33 Å². The first-order valence-corrected chi connectivity index (χ1v) is 6.61. The van der Waals surface area contributed by atoms with Crippen molar-refractivity contribution in [3.8, 4) is 5.88 Å². The molecule has 0 saturated carbocycles.